The molecule has 0 atom stereocenters. The number of aromatic nitrogens is 3. The number of aromatic amines is 1. The lowest BCUT2D eigenvalue weighted by Gasteiger charge is -2.10. The van der Waals surface area contributed by atoms with Gasteiger partial charge < -0.3 is 4.74 Å². The van der Waals surface area contributed by atoms with E-state index in [1.54, 1.807) is 0 Å². The van der Waals surface area contributed by atoms with Crippen LogP contribution >= 0.6 is 0 Å². The molecule has 0 fully saturated rings. The molecule has 9 nitrogen and oxygen atoms in total. The van der Waals surface area contributed by atoms with Gasteiger partial charge in [-0.1, -0.05) is 0 Å². The Morgan fingerprint density at radius 2 is 2.29 bits per heavy atom. The van der Waals surface area contributed by atoms with Gasteiger partial charge in [-0.2, -0.15) is 10.1 Å². The fraction of sp³-hybridized carbons (Fsp3) is 0.375. The lowest BCUT2D eigenvalue weighted by atomic mass is 10.2. The van der Waals surface area contributed by atoms with Gasteiger partial charge >= 0.3 is 6.01 Å². The molecule has 0 saturated heterocycles. The van der Waals surface area contributed by atoms with Crippen LogP contribution in [-0.2, 0) is 9.59 Å². The molecule has 0 saturated carbocycles. The van der Waals surface area contributed by atoms with Crippen molar-refractivity contribution in [3.8, 4) is 6.01 Å². The van der Waals surface area contributed by atoms with Crippen molar-refractivity contribution in [2.45, 2.75) is 12.8 Å². The van der Waals surface area contributed by atoms with Crippen molar-refractivity contribution in [1.82, 2.24) is 20.6 Å². The number of hydrazone groups is 1. The van der Waals surface area contributed by atoms with Gasteiger partial charge in [0.25, 0.3) is 5.91 Å². The molecular formula is C8H10N6O3. The Bertz CT molecular complexity index is 479. The lowest BCUT2D eigenvalue weighted by molar-refractivity contribution is -0.121. The number of carbonyl (C=O) groups is 2. The molecule has 2 heterocycles. The fourth-order valence-electron chi connectivity index (χ4n) is 1.21. The number of anilines is 1. The second kappa shape index (κ2) is 4.60. The van der Waals surface area contributed by atoms with Gasteiger partial charge in [-0.3, -0.25) is 14.9 Å². The van der Waals surface area contributed by atoms with Crippen molar-refractivity contribution < 1.29 is 14.3 Å². The molecule has 1 aromatic heterocycles. The summed E-state index contributed by atoms with van der Waals surface area (Å²) in [5.41, 5.74) is 2.47. The third-order valence-electron chi connectivity index (χ3n) is 2.05. The summed E-state index contributed by atoms with van der Waals surface area (Å²) in [6.45, 7) is 0. The van der Waals surface area contributed by atoms with Gasteiger partial charge in [-0.05, 0) is 0 Å². The van der Waals surface area contributed by atoms with Crippen LogP contribution in [0.3, 0.4) is 0 Å². The molecule has 1 aliphatic rings. The normalized spacial score (nSPS) is 14.9. The maximum Gasteiger partial charge on any atom is 0.336 e. The average molecular weight is 238 g/mol. The monoisotopic (exact) mass is 238 g/mol. The smallest absolute Gasteiger partial charge is 0.336 e. The van der Waals surface area contributed by atoms with Gasteiger partial charge in [0, 0.05) is 12.8 Å². The summed E-state index contributed by atoms with van der Waals surface area (Å²) in [7, 11) is 1.41. The van der Waals surface area contributed by atoms with Gasteiger partial charge in [-0.15, -0.1) is 5.10 Å². The number of amides is 2. The Kier molecular flexibility index (Phi) is 2.99. The maximum atomic E-state index is 11.6. The molecule has 9 heteroatoms. The van der Waals surface area contributed by atoms with Crippen LogP contribution in [0, 0.1) is 0 Å². The number of nitrogens with zero attached hydrogens (tertiary/aromatic N) is 3. The summed E-state index contributed by atoms with van der Waals surface area (Å²) in [5.74, 6) is -0.488. The summed E-state index contributed by atoms with van der Waals surface area (Å²) >= 11 is 0. The van der Waals surface area contributed by atoms with Crippen molar-refractivity contribution in [3.05, 3.63) is 0 Å². The quantitative estimate of drug-likeness (QED) is 0.624. The summed E-state index contributed by atoms with van der Waals surface area (Å²) in [6, 6.07) is 0.124. The molecule has 0 aliphatic carbocycles. The Hall–Kier alpha value is -2.45. The van der Waals surface area contributed by atoms with Crippen LogP contribution in [0.2, 0.25) is 0 Å². The van der Waals surface area contributed by atoms with Crippen LogP contribution < -0.4 is 15.5 Å². The van der Waals surface area contributed by atoms with Crippen molar-refractivity contribution in [2.24, 2.45) is 5.10 Å². The van der Waals surface area contributed by atoms with Crippen LogP contribution in [0.4, 0.5) is 5.95 Å². The molecule has 2 rings (SSSR count). The Morgan fingerprint density at radius 3 is 2.88 bits per heavy atom. The first-order valence-corrected chi connectivity index (χ1v) is 4.82. The topological polar surface area (TPSA) is 121 Å². The molecule has 1 aromatic rings. The first-order chi connectivity index (χ1) is 8.19. The molecule has 0 bridgehead atoms. The average Bonchev–Trinajstić information content (AvgIpc) is 2.77. The van der Waals surface area contributed by atoms with Crippen LogP contribution in [0.25, 0.3) is 0 Å². The summed E-state index contributed by atoms with van der Waals surface area (Å²) in [5, 5.41) is 12.2. The number of rotatable bonds is 3. The number of methoxy groups -OCH3 is 1. The lowest BCUT2D eigenvalue weighted by Crippen LogP contribution is -2.33. The van der Waals surface area contributed by atoms with E-state index in [9.17, 15) is 9.59 Å². The number of ether oxygens (including phenoxy) is 1. The minimum atomic E-state index is -0.441. The maximum absolute atomic E-state index is 11.6. The summed E-state index contributed by atoms with van der Waals surface area (Å²) in [4.78, 5) is 26.3. The largest absolute Gasteiger partial charge is 0.466 e. The van der Waals surface area contributed by atoms with Crippen molar-refractivity contribution in [3.63, 3.8) is 0 Å². The van der Waals surface area contributed by atoms with E-state index in [2.05, 4.69) is 31.0 Å². The number of hydrogen-bond donors (Lipinski definition) is 3. The minimum Gasteiger partial charge on any atom is -0.466 e. The predicted octanol–water partition coefficient (Wildman–Crippen LogP) is -0.982. The van der Waals surface area contributed by atoms with E-state index >= 15 is 0 Å². The van der Waals surface area contributed by atoms with E-state index in [0.717, 1.165) is 0 Å². The zero-order chi connectivity index (χ0) is 12.3. The molecule has 1 aliphatic heterocycles. The molecule has 0 unspecified atom stereocenters. The molecule has 0 radical (unpaired) electrons. The molecule has 0 spiro atoms. The van der Waals surface area contributed by atoms with Crippen molar-refractivity contribution in [2.75, 3.05) is 12.4 Å². The van der Waals surface area contributed by atoms with Crippen LogP contribution in [-0.4, -0.2) is 39.8 Å². The van der Waals surface area contributed by atoms with Gasteiger partial charge in [0.1, 0.15) is 5.71 Å². The summed E-state index contributed by atoms with van der Waals surface area (Å²) in [6.07, 6.45) is 0.537. The van der Waals surface area contributed by atoms with Crippen molar-refractivity contribution in [1.29, 1.82) is 0 Å². The highest BCUT2D eigenvalue weighted by Crippen LogP contribution is 2.06. The first kappa shape index (κ1) is 11.0. The van der Waals surface area contributed by atoms with E-state index in [4.69, 9.17) is 4.74 Å². The third kappa shape index (κ3) is 2.56. The molecule has 17 heavy (non-hydrogen) atoms. The second-order valence-electron chi connectivity index (χ2n) is 3.22. The third-order valence-corrected chi connectivity index (χ3v) is 2.05. The standard InChI is InChI=1S/C8H10N6O3/c1-17-8-10-7(13-14-8)9-6(16)4-2-3-5(15)12-11-4/h2-3H2,1H3,(H,12,15)(H2,9,10,13,14,16). The van der Waals surface area contributed by atoms with Gasteiger partial charge in [-0.25, -0.2) is 10.5 Å². The SMILES string of the molecule is COc1n[nH]c(NC(=O)C2=NNC(=O)CC2)n1. The van der Waals surface area contributed by atoms with E-state index in [1.165, 1.54) is 7.11 Å². The van der Waals surface area contributed by atoms with E-state index in [-0.39, 0.29) is 30.0 Å². The molecule has 0 aromatic carbocycles. The zero-order valence-electron chi connectivity index (χ0n) is 8.98. The van der Waals surface area contributed by atoms with Gasteiger partial charge in [0.2, 0.25) is 11.9 Å². The zero-order valence-corrected chi connectivity index (χ0v) is 8.98. The molecule has 3 N–H and O–H groups in total. The van der Waals surface area contributed by atoms with Crippen LogP contribution in [0.5, 0.6) is 6.01 Å². The van der Waals surface area contributed by atoms with Crippen LogP contribution in [0.1, 0.15) is 12.8 Å². The highest BCUT2D eigenvalue weighted by atomic mass is 16.5. The molecule has 2 amide bonds. The van der Waals surface area contributed by atoms with Crippen LogP contribution in [0.15, 0.2) is 5.10 Å². The Labute approximate surface area is 95.6 Å². The fourth-order valence-corrected chi connectivity index (χ4v) is 1.21. The first-order valence-electron chi connectivity index (χ1n) is 4.82. The summed E-state index contributed by atoms with van der Waals surface area (Å²) < 4.78 is 4.74. The molecule has 90 valence electrons. The highest BCUT2D eigenvalue weighted by molar-refractivity contribution is 6.43. The minimum absolute atomic E-state index is 0.124. The van der Waals surface area contributed by atoms with E-state index in [0.29, 0.717) is 6.42 Å². The van der Waals surface area contributed by atoms with E-state index in [1.807, 2.05) is 0 Å². The highest BCUT2D eigenvalue weighted by Gasteiger charge is 2.19. The van der Waals surface area contributed by atoms with E-state index < -0.39 is 5.91 Å². The Morgan fingerprint density at radius 1 is 1.47 bits per heavy atom. The second-order valence-corrected chi connectivity index (χ2v) is 3.22. The van der Waals surface area contributed by atoms with Crippen molar-refractivity contribution >= 4 is 23.5 Å². The van der Waals surface area contributed by atoms with Gasteiger partial charge in [0.05, 0.1) is 7.11 Å². The Balaban J connectivity index is 1.99. The number of carbonyl (C=O) groups excluding carboxylic acids is 2. The number of nitrogens with one attached hydrogen (secondary N) is 3. The number of hydrogen-bond acceptors (Lipinski definition) is 6. The van der Waals surface area contributed by atoms with Gasteiger partial charge in [0.15, 0.2) is 0 Å². The number of H-pyrrole nitrogens is 1. The predicted molar refractivity (Wildman–Crippen MR) is 56.4 cm³/mol. The molecular weight excluding hydrogens is 228 g/mol.